The SMILES string of the molecule is O=C1C(=Cc2ccc(-c3ccc(OC(F)(F)F)cc3)o2)SC(=S)N1c1ccccc1. The molecule has 0 bridgehead atoms. The fourth-order valence-electron chi connectivity index (χ4n) is 2.80. The van der Waals surface area contributed by atoms with Crippen LogP contribution >= 0.6 is 24.0 Å². The number of thiocarbonyl (C=S) groups is 1. The number of ether oxygens (including phenoxy) is 1. The van der Waals surface area contributed by atoms with Crippen molar-refractivity contribution in [3.05, 3.63) is 77.4 Å². The number of hydrogen-bond donors (Lipinski definition) is 0. The summed E-state index contributed by atoms with van der Waals surface area (Å²) in [5, 5.41) is 0. The van der Waals surface area contributed by atoms with Crippen molar-refractivity contribution in [2.24, 2.45) is 0 Å². The van der Waals surface area contributed by atoms with Crippen LogP contribution in [0.4, 0.5) is 18.9 Å². The van der Waals surface area contributed by atoms with E-state index < -0.39 is 6.36 Å². The molecule has 1 aromatic heterocycles. The number of para-hydroxylation sites is 1. The fraction of sp³-hybridized carbons (Fsp3) is 0.0476. The Morgan fingerprint density at radius 3 is 2.37 bits per heavy atom. The number of halogens is 3. The van der Waals surface area contributed by atoms with Gasteiger partial charge in [-0.25, -0.2) is 0 Å². The summed E-state index contributed by atoms with van der Waals surface area (Å²) < 4.78 is 46.8. The predicted octanol–water partition coefficient (Wildman–Crippen LogP) is 6.25. The summed E-state index contributed by atoms with van der Waals surface area (Å²) in [4.78, 5) is 14.6. The number of thioether (sulfide) groups is 1. The number of carbonyl (C=O) groups is 1. The van der Waals surface area contributed by atoms with E-state index in [0.29, 0.717) is 32.0 Å². The van der Waals surface area contributed by atoms with Gasteiger partial charge in [-0.1, -0.05) is 42.2 Å². The average molecular weight is 447 g/mol. The predicted molar refractivity (Wildman–Crippen MR) is 113 cm³/mol. The highest BCUT2D eigenvalue weighted by Crippen LogP contribution is 2.36. The van der Waals surface area contributed by atoms with Crippen LogP contribution in [0.25, 0.3) is 17.4 Å². The number of furan rings is 1. The first-order valence-corrected chi connectivity index (χ1v) is 9.82. The zero-order chi connectivity index (χ0) is 21.3. The fourth-order valence-corrected chi connectivity index (χ4v) is 4.08. The van der Waals surface area contributed by atoms with Crippen LogP contribution in [-0.4, -0.2) is 16.6 Å². The van der Waals surface area contributed by atoms with E-state index >= 15 is 0 Å². The minimum Gasteiger partial charge on any atom is -0.457 e. The maximum absolute atomic E-state index is 12.8. The Morgan fingerprint density at radius 1 is 1.00 bits per heavy atom. The Labute approximate surface area is 178 Å². The van der Waals surface area contributed by atoms with Crippen LogP contribution in [0.15, 0.2) is 76.1 Å². The van der Waals surface area contributed by atoms with Gasteiger partial charge in [0.15, 0.2) is 4.32 Å². The van der Waals surface area contributed by atoms with Crippen molar-refractivity contribution in [3.63, 3.8) is 0 Å². The molecule has 0 N–H and O–H groups in total. The third-order valence-corrected chi connectivity index (χ3v) is 5.38. The molecule has 0 aliphatic carbocycles. The van der Waals surface area contributed by atoms with Gasteiger partial charge in [0, 0.05) is 11.6 Å². The Hall–Kier alpha value is -3.04. The molecule has 1 aliphatic heterocycles. The molecule has 0 spiro atoms. The first kappa shape index (κ1) is 20.2. The zero-order valence-electron chi connectivity index (χ0n) is 15.1. The Morgan fingerprint density at radius 2 is 1.70 bits per heavy atom. The number of nitrogens with zero attached hydrogens (tertiary/aromatic N) is 1. The van der Waals surface area contributed by atoms with E-state index in [-0.39, 0.29) is 11.7 Å². The molecule has 1 fully saturated rings. The molecule has 30 heavy (non-hydrogen) atoms. The van der Waals surface area contributed by atoms with Gasteiger partial charge < -0.3 is 9.15 Å². The van der Waals surface area contributed by atoms with Gasteiger partial charge in [-0.15, -0.1) is 13.2 Å². The van der Waals surface area contributed by atoms with Crippen molar-refractivity contribution in [2.75, 3.05) is 4.90 Å². The van der Waals surface area contributed by atoms with E-state index in [1.807, 2.05) is 18.2 Å². The molecule has 1 aliphatic rings. The zero-order valence-corrected chi connectivity index (χ0v) is 16.7. The Kier molecular flexibility index (Phi) is 5.40. The van der Waals surface area contributed by atoms with E-state index in [1.54, 1.807) is 30.3 Å². The lowest BCUT2D eigenvalue weighted by atomic mass is 10.2. The van der Waals surface area contributed by atoms with Crippen LogP contribution in [0.1, 0.15) is 5.76 Å². The topological polar surface area (TPSA) is 42.7 Å². The highest BCUT2D eigenvalue weighted by Gasteiger charge is 2.33. The van der Waals surface area contributed by atoms with Gasteiger partial charge in [0.05, 0.1) is 10.6 Å². The standard InChI is InChI=1S/C21H12F3NO3S2/c22-21(23,24)28-15-8-6-13(7-9-15)17-11-10-16(27-17)12-18-19(26)25(20(29)30-18)14-4-2-1-3-5-14/h1-12H. The third-order valence-electron chi connectivity index (χ3n) is 4.08. The molecule has 9 heteroatoms. The van der Waals surface area contributed by atoms with Crippen LogP contribution in [-0.2, 0) is 4.79 Å². The summed E-state index contributed by atoms with van der Waals surface area (Å²) in [6, 6.07) is 17.7. The van der Waals surface area contributed by atoms with E-state index in [1.165, 1.54) is 40.9 Å². The van der Waals surface area contributed by atoms with Gasteiger partial charge in [0.25, 0.3) is 5.91 Å². The quantitative estimate of drug-likeness (QED) is 0.349. The first-order chi connectivity index (χ1) is 14.3. The summed E-state index contributed by atoms with van der Waals surface area (Å²) in [6.45, 7) is 0. The second-order valence-electron chi connectivity index (χ2n) is 6.13. The summed E-state index contributed by atoms with van der Waals surface area (Å²) in [7, 11) is 0. The van der Waals surface area contributed by atoms with Gasteiger partial charge in [0.2, 0.25) is 0 Å². The normalized spacial score (nSPS) is 15.8. The lowest BCUT2D eigenvalue weighted by Gasteiger charge is -2.13. The van der Waals surface area contributed by atoms with Crippen molar-refractivity contribution in [1.29, 1.82) is 0 Å². The molecule has 3 aromatic rings. The van der Waals surface area contributed by atoms with Gasteiger partial charge in [-0.2, -0.15) is 0 Å². The van der Waals surface area contributed by atoms with Gasteiger partial charge in [-0.05, 0) is 48.5 Å². The number of anilines is 1. The van der Waals surface area contributed by atoms with Crippen LogP contribution in [0.3, 0.4) is 0 Å². The molecular formula is C21H12F3NO3S2. The van der Waals surface area contributed by atoms with Gasteiger partial charge in [0.1, 0.15) is 17.3 Å². The van der Waals surface area contributed by atoms with Crippen molar-refractivity contribution in [1.82, 2.24) is 0 Å². The molecule has 4 rings (SSSR count). The lowest BCUT2D eigenvalue weighted by Crippen LogP contribution is -2.27. The number of carbonyl (C=O) groups excluding carboxylic acids is 1. The van der Waals surface area contributed by atoms with Crippen LogP contribution < -0.4 is 9.64 Å². The maximum atomic E-state index is 12.8. The largest absolute Gasteiger partial charge is 0.573 e. The molecule has 0 atom stereocenters. The number of amides is 1. The summed E-state index contributed by atoms with van der Waals surface area (Å²) >= 11 is 6.50. The first-order valence-electron chi connectivity index (χ1n) is 8.59. The van der Waals surface area contributed by atoms with Crippen LogP contribution in [0, 0.1) is 0 Å². The number of hydrogen-bond acceptors (Lipinski definition) is 5. The summed E-state index contributed by atoms with van der Waals surface area (Å²) in [5.74, 6) is 0.304. The molecule has 1 amide bonds. The van der Waals surface area contributed by atoms with Crippen molar-refractivity contribution in [2.45, 2.75) is 6.36 Å². The van der Waals surface area contributed by atoms with Crippen molar-refractivity contribution < 1.29 is 27.1 Å². The van der Waals surface area contributed by atoms with Crippen LogP contribution in [0.5, 0.6) is 5.75 Å². The molecular weight excluding hydrogens is 435 g/mol. The lowest BCUT2D eigenvalue weighted by molar-refractivity contribution is -0.274. The molecule has 2 heterocycles. The van der Waals surface area contributed by atoms with Crippen molar-refractivity contribution >= 4 is 46.0 Å². The monoisotopic (exact) mass is 447 g/mol. The summed E-state index contributed by atoms with van der Waals surface area (Å²) in [5.41, 5.74) is 1.26. The molecule has 2 aromatic carbocycles. The maximum Gasteiger partial charge on any atom is 0.573 e. The molecule has 0 saturated carbocycles. The molecule has 152 valence electrons. The Balaban J connectivity index is 1.53. The van der Waals surface area contributed by atoms with Crippen LogP contribution in [0.2, 0.25) is 0 Å². The van der Waals surface area contributed by atoms with Gasteiger partial charge >= 0.3 is 6.36 Å². The summed E-state index contributed by atoms with van der Waals surface area (Å²) in [6.07, 6.45) is -3.15. The van der Waals surface area contributed by atoms with E-state index in [0.717, 1.165) is 0 Å². The van der Waals surface area contributed by atoms with E-state index in [2.05, 4.69) is 4.74 Å². The van der Waals surface area contributed by atoms with E-state index in [9.17, 15) is 18.0 Å². The highest BCUT2D eigenvalue weighted by molar-refractivity contribution is 8.27. The molecule has 4 nitrogen and oxygen atoms in total. The minimum absolute atomic E-state index is 0.247. The number of rotatable bonds is 4. The third kappa shape index (κ3) is 4.42. The number of benzene rings is 2. The average Bonchev–Trinajstić information content (AvgIpc) is 3.27. The van der Waals surface area contributed by atoms with Gasteiger partial charge in [-0.3, -0.25) is 9.69 Å². The minimum atomic E-state index is -4.74. The molecule has 0 unspecified atom stereocenters. The van der Waals surface area contributed by atoms with Crippen molar-refractivity contribution in [3.8, 4) is 17.1 Å². The second kappa shape index (κ2) is 8.00. The smallest absolute Gasteiger partial charge is 0.457 e. The Bertz CT molecular complexity index is 1120. The number of alkyl halides is 3. The molecule has 1 saturated heterocycles. The molecule has 0 radical (unpaired) electrons. The second-order valence-corrected chi connectivity index (χ2v) is 7.80. The van der Waals surface area contributed by atoms with E-state index in [4.69, 9.17) is 16.6 Å². The highest BCUT2D eigenvalue weighted by atomic mass is 32.2.